The van der Waals surface area contributed by atoms with E-state index in [1.54, 1.807) is 11.3 Å². The maximum atomic E-state index is 6.62. The van der Waals surface area contributed by atoms with Gasteiger partial charge in [-0.25, -0.2) is 9.97 Å². The standard InChI is InChI=1S/C41H36N2O2S/c1-23-18-33(45-34-22-27(41(5,6)7)21-30(42-34)25-13-10-14-26(19-25)40(2,3)4)43-37-29-20-24-12-8-9-15-28(24)38-35(29)36-31(44-38)16-11-17-32(36)46-39(23)37/h8-22H,1-7H3. The monoisotopic (exact) mass is 620 g/mol. The molecule has 4 heterocycles. The summed E-state index contributed by atoms with van der Waals surface area (Å²) >= 11 is 1.75. The van der Waals surface area contributed by atoms with Crippen LogP contribution >= 0.6 is 11.3 Å². The van der Waals surface area contributed by atoms with Gasteiger partial charge in [0.15, 0.2) is 0 Å². The normalized spacial score (nSPS) is 12.7. The summed E-state index contributed by atoms with van der Waals surface area (Å²) < 4.78 is 15.5. The van der Waals surface area contributed by atoms with E-state index in [-0.39, 0.29) is 10.8 Å². The fourth-order valence-electron chi connectivity index (χ4n) is 6.39. The van der Waals surface area contributed by atoms with Crippen molar-refractivity contribution in [2.75, 3.05) is 0 Å². The van der Waals surface area contributed by atoms with Gasteiger partial charge in [0.2, 0.25) is 11.8 Å². The Morgan fingerprint density at radius 3 is 2.24 bits per heavy atom. The largest absolute Gasteiger partial charge is 0.455 e. The van der Waals surface area contributed by atoms with E-state index in [2.05, 4.69) is 133 Å². The number of furan rings is 1. The van der Waals surface area contributed by atoms with Crippen molar-refractivity contribution in [2.24, 2.45) is 0 Å². The predicted molar refractivity (Wildman–Crippen MR) is 194 cm³/mol. The zero-order valence-corrected chi connectivity index (χ0v) is 28.1. The highest BCUT2D eigenvalue weighted by atomic mass is 32.1. The van der Waals surface area contributed by atoms with E-state index < -0.39 is 0 Å². The number of pyridine rings is 2. The van der Waals surface area contributed by atoms with Crippen LogP contribution in [0, 0.1) is 6.92 Å². The summed E-state index contributed by atoms with van der Waals surface area (Å²) in [6, 6.07) is 31.9. The molecule has 5 heteroatoms. The van der Waals surface area contributed by atoms with E-state index in [1.807, 2.05) is 6.07 Å². The maximum absolute atomic E-state index is 6.62. The molecule has 0 aliphatic carbocycles. The summed E-state index contributed by atoms with van der Waals surface area (Å²) in [4.78, 5) is 10.3. The molecule has 0 unspecified atom stereocenters. The van der Waals surface area contributed by atoms with Crippen LogP contribution in [0.3, 0.4) is 0 Å². The van der Waals surface area contributed by atoms with Crippen LogP contribution in [0.5, 0.6) is 11.8 Å². The molecule has 0 amide bonds. The van der Waals surface area contributed by atoms with Gasteiger partial charge in [-0.05, 0) is 70.2 Å². The third kappa shape index (κ3) is 4.73. The van der Waals surface area contributed by atoms with Crippen LogP contribution < -0.4 is 4.74 Å². The van der Waals surface area contributed by atoms with Crippen LogP contribution in [0.2, 0.25) is 0 Å². The zero-order valence-electron chi connectivity index (χ0n) is 27.3. The average Bonchev–Trinajstić information content (AvgIpc) is 3.35. The highest BCUT2D eigenvalue weighted by Gasteiger charge is 2.22. The van der Waals surface area contributed by atoms with Gasteiger partial charge in [-0.15, -0.1) is 11.3 Å². The highest BCUT2D eigenvalue weighted by Crippen LogP contribution is 2.45. The number of benzene rings is 4. The first-order valence-corrected chi connectivity index (χ1v) is 16.6. The molecule has 8 aromatic rings. The Balaban J connectivity index is 1.35. The minimum Gasteiger partial charge on any atom is -0.455 e. The summed E-state index contributed by atoms with van der Waals surface area (Å²) in [6.07, 6.45) is 0. The van der Waals surface area contributed by atoms with E-state index in [4.69, 9.17) is 19.1 Å². The van der Waals surface area contributed by atoms with Gasteiger partial charge in [-0.3, -0.25) is 0 Å². The van der Waals surface area contributed by atoms with E-state index >= 15 is 0 Å². The van der Waals surface area contributed by atoms with E-state index in [9.17, 15) is 0 Å². The Morgan fingerprint density at radius 2 is 1.43 bits per heavy atom. The van der Waals surface area contributed by atoms with Crippen molar-refractivity contribution < 1.29 is 9.15 Å². The first-order chi connectivity index (χ1) is 21.9. The molecule has 4 aromatic carbocycles. The second-order valence-electron chi connectivity index (χ2n) is 14.4. The van der Waals surface area contributed by atoms with Crippen molar-refractivity contribution >= 4 is 64.4 Å². The second-order valence-corrected chi connectivity index (χ2v) is 15.5. The minimum absolute atomic E-state index is 0.0344. The van der Waals surface area contributed by atoms with Crippen molar-refractivity contribution in [3.8, 4) is 23.0 Å². The lowest BCUT2D eigenvalue weighted by Crippen LogP contribution is -2.12. The molecule has 4 nitrogen and oxygen atoms in total. The molecule has 4 aromatic heterocycles. The molecule has 8 rings (SSSR count). The van der Waals surface area contributed by atoms with Crippen molar-refractivity contribution in [1.82, 2.24) is 9.97 Å². The van der Waals surface area contributed by atoms with Crippen molar-refractivity contribution in [3.05, 3.63) is 108 Å². The SMILES string of the molecule is Cc1cc(Oc2cc(C(C)(C)C)cc(-c3cccc(C(C)(C)C)c3)n2)nc2c1sc1cccc3oc4c5ccccc5cc2c4c31. The fourth-order valence-corrected chi connectivity index (χ4v) is 7.53. The van der Waals surface area contributed by atoms with Gasteiger partial charge in [0.1, 0.15) is 11.2 Å². The van der Waals surface area contributed by atoms with Crippen LogP contribution in [0.25, 0.3) is 64.3 Å². The molecule has 0 saturated carbocycles. The smallest absolute Gasteiger partial charge is 0.222 e. The number of hydrogen-bond acceptors (Lipinski definition) is 5. The van der Waals surface area contributed by atoms with Crippen molar-refractivity contribution in [1.29, 1.82) is 0 Å². The predicted octanol–water partition coefficient (Wildman–Crippen LogP) is 12.3. The first kappa shape index (κ1) is 28.7. The van der Waals surface area contributed by atoms with Gasteiger partial charge in [0, 0.05) is 43.9 Å². The maximum Gasteiger partial charge on any atom is 0.222 e. The molecular formula is C41H36N2O2S. The van der Waals surface area contributed by atoms with Gasteiger partial charge < -0.3 is 9.15 Å². The number of hydrogen-bond donors (Lipinski definition) is 0. The van der Waals surface area contributed by atoms with Gasteiger partial charge in [-0.2, -0.15) is 0 Å². The number of rotatable bonds is 3. The van der Waals surface area contributed by atoms with Crippen LogP contribution in [0.1, 0.15) is 58.2 Å². The van der Waals surface area contributed by atoms with Gasteiger partial charge in [0.25, 0.3) is 0 Å². The van der Waals surface area contributed by atoms with Crippen LogP contribution in [-0.4, -0.2) is 9.97 Å². The number of ether oxygens (including phenoxy) is 1. The lowest BCUT2D eigenvalue weighted by Gasteiger charge is -2.22. The van der Waals surface area contributed by atoms with Gasteiger partial charge in [0.05, 0.1) is 15.9 Å². The van der Waals surface area contributed by atoms with E-state index in [0.29, 0.717) is 11.8 Å². The number of aromatic nitrogens is 2. The summed E-state index contributed by atoms with van der Waals surface area (Å²) in [5, 5.41) is 5.53. The molecule has 0 aliphatic rings. The van der Waals surface area contributed by atoms with Gasteiger partial charge in [-0.1, -0.05) is 90.1 Å². The second kappa shape index (κ2) is 10.1. The Bertz CT molecular complexity index is 2490. The molecule has 0 atom stereocenters. The molecule has 0 spiro atoms. The molecule has 0 saturated heterocycles. The Hall–Kier alpha value is -4.74. The Morgan fingerprint density at radius 1 is 0.674 bits per heavy atom. The lowest BCUT2D eigenvalue weighted by molar-refractivity contribution is 0.443. The first-order valence-electron chi connectivity index (χ1n) is 15.8. The minimum atomic E-state index is -0.0969. The zero-order chi connectivity index (χ0) is 32.0. The molecule has 0 fully saturated rings. The van der Waals surface area contributed by atoms with E-state index in [1.165, 1.54) is 10.3 Å². The fraction of sp³-hybridized carbons (Fsp3) is 0.220. The van der Waals surface area contributed by atoms with E-state index in [0.717, 1.165) is 70.7 Å². The summed E-state index contributed by atoms with van der Waals surface area (Å²) in [7, 11) is 0. The molecule has 46 heavy (non-hydrogen) atoms. The molecule has 228 valence electrons. The van der Waals surface area contributed by atoms with Crippen LogP contribution in [0.4, 0.5) is 0 Å². The lowest BCUT2D eigenvalue weighted by atomic mass is 9.84. The number of fused-ring (bicyclic) bond motifs is 4. The quantitative estimate of drug-likeness (QED) is 0.197. The summed E-state index contributed by atoms with van der Waals surface area (Å²) in [6.45, 7) is 15.5. The van der Waals surface area contributed by atoms with Crippen LogP contribution in [0.15, 0.2) is 95.4 Å². The Kier molecular flexibility index (Phi) is 6.32. The van der Waals surface area contributed by atoms with Gasteiger partial charge >= 0.3 is 0 Å². The van der Waals surface area contributed by atoms with Crippen molar-refractivity contribution in [3.63, 3.8) is 0 Å². The molecule has 0 bridgehead atoms. The molecular weight excluding hydrogens is 585 g/mol. The summed E-state index contributed by atoms with van der Waals surface area (Å²) in [5.74, 6) is 1.06. The highest BCUT2D eigenvalue weighted by molar-refractivity contribution is 7.24. The molecule has 0 aliphatic heterocycles. The number of aryl methyl sites for hydroxylation is 1. The third-order valence-electron chi connectivity index (χ3n) is 8.96. The number of nitrogens with zero attached hydrogens (tertiary/aromatic N) is 2. The Labute approximate surface area is 272 Å². The molecule has 0 radical (unpaired) electrons. The topological polar surface area (TPSA) is 48.2 Å². The third-order valence-corrected chi connectivity index (χ3v) is 10.2. The molecule has 0 N–H and O–H groups in total. The van der Waals surface area contributed by atoms with Crippen LogP contribution in [-0.2, 0) is 10.8 Å². The average molecular weight is 621 g/mol. The summed E-state index contributed by atoms with van der Waals surface area (Å²) in [5.41, 5.74) is 8.13. The van der Waals surface area contributed by atoms with Crippen molar-refractivity contribution in [2.45, 2.75) is 59.3 Å².